The quantitative estimate of drug-likeness (QED) is 0.245. The van der Waals surface area contributed by atoms with Crippen molar-refractivity contribution in [2.24, 2.45) is 0 Å². The Hall–Kier alpha value is -4.49. The Balaban J connectivity index is 1.49. The fourth-order valence-corrected chi connectivity index (χ4v) is 5.46. The Morgan fingerprint density at radius 2 is 1.87 bits per heavy atom. The summed E-state index contributed by atoms with van der Waals surface area (Å²) in [6.07, 6.45) is 0.750. The Bertz CT molecular complexity index is 1330. The van der Waals surface area contributed by atoms with Crippen molar-refractivity contribution in [1.82, 2.24) is 30.5 Å². The molecule has 0 bridgehead atoms. The Kier molecular flexibility index (Phi) is 12.3. The average Bonchev–Trinajstić information content (AvgIpc) is 3.04. The van der Waals surface area contributed by atoms with E-state index in [0.717, 1.165) is 5.56 Å². The second-order valence-corrected chi connectivity index (χ2v) is 10.7. The van der Waals surface area contributed by atoms with Gasteiger partial charge in [0.1, 0.15) is 24.6 Å². The molecule has 0 saturated carbocycles. The number of amides is 5. The summed E-state index contributed by atoms with van der Waals surface area (Å²) in [6, 6.07) is 14.4. The van der Waals surface area contributed by atoms with Crippen LogP contribution in [-0.2, 0) is 32.2 Å². The number of nitrogens with one attached hydrogen (secondary N) is 2. The maximum atomic E-state index is 13.8. The van der Waals surface area contributed by atoms with Crippen LogP contribution in [0.25, 0.3) is 0 Å². The molecule has 13 heteroatoms. The number of piperazine rings is 1. The van der Waals surface area contributed by atoms with E-state index in [4.69, 9.17) is 9.47 Å². The number of fused-ring (bicyclic) bond motifs is 1. The van der Waals surface area contributed by atoms with Crippen molar-refractivity contribution in [3.63, 3.8) is 0 Å². The maximum Gasteiger partial charge on any atom is 0.407 e. The van der Waals surface area contributed by atoms with E-state index >= 15 is 0 Å². The summed E-state index contributed by atoms with van der Waals surface area (Å²) < 4.78 is 24.3. The number of hydrogen-bond donors (Lipinski definition) is 2. The van der Waals surface area contributed by atoms with Gasteiger partial charge < -0.3 is 29.9 Å². The highest BCUT2D eigenvalue weighted by molar-refractivity contribution is 5.91. The van der Waals surface area contributed by atoms with Crippen molar-refractivity contribution >= 4 is 23.9 Å². The van der Waals surface area contributed by atoms with Crippen molar-refractivity contribution in [2.75, 3.05) is 45.9 Å². The van der Waals surface area contributed by atoms with Gasteiger partial charge in [-0.3, -0.25) is 9.59 Å². The zero-order valence-electron chi connectivity index (χ0n) is 25.5. The Morgan fingerprint density at radius 3 is 2.60 bits per heavy atom. The lowest BCUT2D eigenvalue weighted by molar-refractivity contribution is -0.190. The van der Waals surface area contributed by atoms with Gasteiger partial charge in [0.2, 0.25) is 11.8 Å². The number of nitrogens with zero attached hydrogens (tertiary/aromatic N) is 4. The van der Waals surface area contributed by atoms with Crippen LogP contribution >= 0.6 is 0 Å². The van der Waals surface area contributed by atoms with Crippen LogP contribution in [0.4, 0.5) is 14.0 Å². The second kappa shape index (κ2) is 16.5. The summed E-state index contributed by atoms with van der Waals surface area (Å²) in [5.74, 6) is -0.882. The number of likely N-dealkylation sites (N-methyl/N-ethyl adjacent to an activating group) is 1. The Labute approximate surface area is 262 Å². The van der Waals surface area contributed by atoms with Crippen LogP contribution in [-0.4, -0.2) is 102 Å². The highest BCUT2D eigenvalue weighted by Crippen LogP contribution is 2.28. The van der Waals surface area contributed by atoms with Crippen molar-refractivity contribution in [3.8, 4) is 0 Å². The number of alkyl carbamates (subject to hydrolysis) is 1. The Morgan fingerprint density at radius 1 is 1.09 bits per heavy atom. The van der Waals surface area contributed by atoms with Crippen molar-refractivity contribution < 1.29 is 33.0 Å². The topological polar surface area (TPSA) is 124 Å². The number of urea groups is 1. The molecule has 0 radical (unpaired) electrons. The van der Waals surface area contributed by atoms with Gasteiger partial charge in [-0.05, 0) is 36.1 Å². The third-order valence-corrected chi connectivity index (χ3v) is 7.61. The largest absolute Gasteiger partial charge is 0.445 e. The van der Waals surface area contributed by atoms with E-state index in [0.29, 0.717) is 25.1 Å². The minimum atomic E-state index is -0.853. The lowest BCUT2D eigenvalue weighted by Gasteiger charge is -2.55. The molecule has 4 rings (SSSR count). The standard InChI is InChI=1S/C32H41FN6O6/c1-3-17-45-32(43)34-15-9-14-27-30(41)36(16-18-44-23-25-12-8-13-26(33)19-25)21-28-38(27)29(40)22-37(4-2)39(28)31(42)35-20-24-10-6-5-7-11-24/h3,5-8,10-13,19,27-28H,1,4,9,14-18,20-23H2,2H3,(H,34,43)(H,35,42)/t27-,28-/m0/s1. The van der Waals surface area contributed by atoms with Crippen molar-refractivity contribution in [3.05, 3.63) is 84.2 Å². The number of rotatable bonds is 14. The number of hydrazine groups is 1. The highest BCUT2D eigenvalue weighted by atomic mass is 19.1. The van der Waals surface area contributed by atoms with Crippen LogP contribution in [0.5, 0.6) is 0 Å². The molecule has 0 aliphatic carbocycles. The van der Waals surface area contributed by atoms with Gasteiger partial charge in [-0.15, -0.1) is 0 Å². The number of hydrogen-bond acceptors (Lipinski definition) is 7. The molecule has 2 aliphatic rings. The van der Waals surface area contributed by atoms with Crippen LogP contribution in [0.15, 0.2) is 67.3 Å². The van der Waals surface area contributed by atoms with Crippen molar-refractivity contribution in [2.45, 2.75) is 45.1 Å². The zero-order chi connectivity index (χ0) is 32.2. The molecule has 2 atom stereocenters. The molecule has 0 unspecified atom stereocenters. The lowest BCUT2D eigenvalue weighted by Crippen LogP contribution is -2.76. The van der Waals surface area contributed by atoms with Gasteiger partial charge in [0.15, 0.2) is 0 Å². The number of ether oxygens (including phenoxy) is 2. The number of halogens is 1. The summed E-state index contributed by atoms with van der Waals surface area (Å²) >= 11 is 0. The molecular weight excluding hydrogens is 583 g/mol. The predicted octanol–water partition coefficient (Wildman–Crippen LogP) is 2.86. The van der Waals surface area contributed by atoms with E-state index in [2.05, 4.69) is 17.2 Å². The van der Waals surface area contributed by atoms with Crippen LogP contribution in [0.2, 0.25) is 0 Å². The SMILES string of the molecule is C=CCOC(=O)NCCC[C@H]1C(=O)N(CCOCc2cccc(F)c2)C[C@H]2N1C(=O)CN(CC)N2C(=O)NCc1ccccc1. The first-order valence-electron chi connectivity index (χ1n) is 15.1. The first kappa shape index (κ1) is 33.4. The van der Waals surface area contributed by atoms with Gasteiger partial charge in [-0.1, -0.05) is 62.0 Å². The second-order valence-electron chi connectivity index (χ2n) is 10.7. The molecule has 2 aromatic carbocycles. The van der Waals surface area contributed by atoms with Crippen LogP contribution in [0, 0.1) is 5.82 Å². The monoisotopic (exact) mass is 624 g/mol. The normalized spacial score (nSPS) is 18.4. The molecule has 2 aliphatic heterocycles. The lowest BCUT2D eigenvalue weighted by atomic mass is 10.0. The fraction of sp³-hybridized carbons (Fsp3) is 0.438. The summed E-state index contributed by atoms with van der Waals surface area (Å²) in [5, 5.41) is 8.82. The summed E-state index contributed by atoms with van der Waals surface area (Å²) in [5.41, 5.74) is 1.59. The minimum absolute atomic E-state index is 0.0571. The van der Waals surface area contributed by atoms with E-state index < -0.39 is 18.3 Å². The van der Waals surface area contributed by atoms with E-state index in [1.807, 2.05) is 37.3 Å². The fourth-order valence-electron chi connectivity index (χ4n) is 5.46. The third kappa shape index (κ3) is 9.02. The van der Waals surface area contributed by atoms with Gasteiger partial charge in [0.05, 0.1) is 26.3 Å². The molecule has 2 aromatic rings. The van der Waals surface area contributed by atoms with Crippen LogP contribution in [0.1, 0.15) is 30.9 Å². The molecule has 0 aromatic heterocycles. The minimum Gasteiger partial charge on any atom is -0.445 e. The third-order valence-electron chi connectivity index (χ3n) is 7.61. The molecule has 5 amide bonds. The maximum absolute atomic E-state index is 13.8. The number of benzene rings is 2. The molecule has 2 saturated heterocycles. The van der Waals surface area contributed by atoms with Gasteiger partial charge in [-0.25, -0.2) is 24.0 Å². The van der Waals surface area contributed by atoms with Gasteiger partial charge >= 0.3 is 12.1 Å². The van der Waals surface area contributed by atoms with E-state index in [-0.39, 0.29) is 76.1 Å². The van der Waals surface area contributed by atoms with Crippen molar-refractivity contribution in [1.29, 1.82) is 0 Å². The van der Waals surface area contributed by atoms with E-state index in [1.165, 1.54) is 28.1 Å². The molecular formula is C32H41FN6O6. The van der Waals surface area contributed by atoms with E-state index in [9.17, 15) is 23.6 Å². The molecule has 0 spiro atoms. The molecule has 2 N–H and O–H groups in total. The smallest absolute Gasteiger partial charge is 0.407 e. The average molecular weight is 625 g/mol. The van der Waals surface area contributed by atoms with Gasteiger partial charge in [0.25, 0.3) is 0 Å². The number of carbonyl (C=O) groups is 4. The summed E-state index contributed by atoms with van der Waals surface area (Å²) in [6.45, 7) is 6.95. The van der Waals surface area contributed by atoms with Gasteiger partial charge in [-0.2, -0.15) is 0 Å². The first-order valence-corrected chi connectivity index (χ1v) is 15.1. The molecule has 242 valence electrons. The molecule has 12 nitrogen and oxygen atoms in total. The van der Waals surface area contributed by atoms with Crippen LogP contribution in [0.3, 0.4) is 0 Å². The first-order chi connectivity index (χ1) is 21.8. The van der Waals surface area contributed by atoms with Gasteiger partial charge in [0, 0.05) is 26.2 Å². The predicted molar refractivity (Wildman–Crippen MR) is 164 cm³/mol. The van der Waals surface area contributed by atoms with Crippen LogP contribution < -0.4 is 10.6 Å². The highest BCUT2D eigenvalue weighted by Gasteiger charge is 2.50. The number of carbonyl (C=O) groups excluding carboxylic acids is 4. The molecule has 2 heterocycles. The van der Waals surface area contributed by atoms with E-state index in [1.54, 1.807) is 22.0 Å². The summed E-state index contributed by atoms with van der Waals surface area (Å²) in [7, 11) is 0. The molecule has 45 heavy (non-hydrogen) atoms. The summed E-state index contributed by atoms with van der Waals surface area (Å²) in [4.78, 5) is 56.0. The molecule has 2 fully saturated rings. The zero-order valence-corrected chi connectivity index (χ0v) is 25.5.